The number of hydrogen-bond acceptors (Lipinski definition) is 0. The summed E-state index contributed by atoms with van der Waals surface area (Å²) in [4.78, 5) is 0. The number of benzene rings is 1. The summed E-state index contributed by atoms with van der Waals surface area (Å²) in [5.41, 5.74) is 4.59. The van der Waals surface area contributed by atoms with Crippen molar-refractivity contribution in [3.8, 4) is 0 Å². The van der Waals surface area contributed by atoms with Gasteiger partial charge in [0.25, 0.3) is 0 Å². The zero-order valence-electron chi connectivity index (χ0n) is 9.59. The van der Waals surface area contributed by atoms with Crippen LogP contribution in [0.15, 0.2) is 42.0 Å². The minimum absolute atomic E-state index is 0.0994. The topological polar surface area (TPSA) is 0 Å². The van der Waals surface area contributed by atoms with Crippen LogP contribution in [0, 0.1) is 13.8 Å². The second kappa shape index (κ2) is 4.62. The first-order valence-electron chi connectivity index (χ1n) is 5.67. The molecular weight excluding hydrogens is 196 g/mol. The van der Waals surface area contributed by atoms with Crippen LogP contribution in [0.25, 0.3) is 0 Å². The minimum atomic E-state index is -0.0994. The van der Waals surface area contributed by atoms with Crippen LogP contribution in [-0.4, -0.2) is 9.52 Å². The first-order valence-corrected chi connectivity index (χ1v) is 7.38. The SMILES string of the molecule is Cc1cccc([SiH2]CC2=CC=CC2)c1C. The van der Waals surface area contributed by atoms with Crippen LogP contribution in [0.3, 0.4) is 0 Å². The summed E-state index contributed by atoms with van der Waals surface area (Å²) in [5, 5.41) is 1.64. The first-order chi connectivity index (χ1) is 7.27. The van der Waals surface area contributed by atoms with Crippen LogP contribution in [0.1, 0.15) is 17.5 Å². The Morgan fingerprint density at radius 1 is 1.27 bits per heavy atom. The Labute approximate surface area is 94.5 Å². The highest BCUT2D eigenvalue weighted by molar-refractivity contribution is 6.54. The zero-order chi connectivity index (χ0) is 10.7. The summed E-state index contributed by atoms with van der Waals surface area (Å²) < 4.78 is 0. The normalized spacial score (nSPS) is 15.2. The maximum Gasteiger partial charge on any atom is 0.0591 e. The van der Waals surface area contributed by atoms with Crippen molar-refractivity contribution in [2.45, 2.75) is 26.3 Å². The third-order valence-electron chi connectivity index (χ3n) is 3.28. The van der Waals surface area contributed by atoms with Crippen molar-refractivity contribution < 1.29 is 0 Å². The number of aryl methyl sites for hydroxylation is 1. The molecule has 0 heterocycles. The van der Waals surface area contributed by atoms with E-state index in [9.17, 15) is 0 Å². The molecule has 1 aromatic rings. The molecule has 0 atom stereocenters. The molecule has 0 fully saturated rings. The highest BCUT2D eigenvalue weighted by Crippen LogP contribution is 2.14. The lowest BCUT2D eigenvalue weighted by molar-refractivity contribution is 1.24. The summed E-state index contributed by atoms with van der Waals surface area (Å²) in [6.45, 7) is 4.47. The van der Waals surface area contributed by atoms with Crippen LogP contribution < -0.4 is 5.19 Å². The fourth-order valence-electron chi connectivity index (χ4n) is 2.05. The zero-order valence-corrected chi connectivity index (χ0v) is 11.0. The van der Waals surface area contributed by atoms with Crippen LogP contribution >= 0.6 is 0 Å². The Bertz CT molecular complexity index is 413. The summed E-state index contributed by atoms with van der Waals surface area (Å²) in [5.74, 6) is 0. The van der Waals surface area contributed by atoms with E-state index in [4.69, 9.17) is 0 Å². The molecule has 0 bridgehead atoms. The fraction of sp³-hybridized carbons (Fsp3) is 0.286. The van der Waals surface area contributed by atoms with E-state index in [0.717, 1.165) is 0 Å². The van der Waals surface area contributed by atoms with Crippen molar-refractivity contribution in [3.63, 3.8) is 0 Å². The van der Waals surface area contributed by atoms with E-state index in [1.807, 2.05) is 0 Å². The van der Waals surface area contributed by atoms with Gasteiger partial charge < -0.3 is 0 Å². The smallest absolute Gasteiger partial charge is 0.0591 e. The molecule has 0 saturated heterocycles. The lowest BCUT2D eigenvalue weighted by Gasteiger charge is -2.08. The molecule has 0 nitrogen and oxygen atoms in total. The molecule has 0 spiro atoms. The standard InChI is InChI=1S/C14H18Si/c1-11-6-5-9-14(12(11)2)15-10-13-7-3-4-8-13/h3-7,9H,8,10,15H2,1-2H3. The largest absolute Gasteiger partial charge is 0.0805 e. The van der Waals surface area contributed by atoms with Gasteiger partial charge in [-0.1, -0.05) is 47.2 Å². The van der Waals surface area contributed by atoms with Gasteiger partial charge in [0, 0.05) is 0 Å². The number of rotatable bonds is 3. The van der Waals surface area contributed by atoms with Crippen LogP contribution in [0.5, 0.6) is 0 Å². The van der Waals surface area contributed by atoms with E-state index >= 15 is 0 Å². The monoisotopic (exact) mass is 214 g/mol. The molecular formula is C14H18Si. The molecule has 1 aliphatic rings. The molecule has 0 unspecified atom stereocenters. The second-order valence-corrected chi connectivity index (χ2v) is 6.08. The molecule has 0 saturated carbocycles. The highest BCUT2D eigenvalue weighted by atomic mass is 28.2. The number of allylic oxidation sites excluding steroid dienone is 4. The van der Waals surface area contributed by atoms with Crippen LogP contribution in [0.2, 0.25) is 6.04 Å². The van der Waals surface area contributed by atoms with Gasteiger partial charge in [0.1, 0.15) is 0 Å². The van der Waals surface area contributed by atoms with Crippen molar-refractivity contribution in [3.05, 3.63) is 53.1 Å². The lowest BCUT2D eigenvalue weighted by Crippen LogP contribution is -2.18. The van der Waals surface area contributed by atoms with Crippen molar-refractivity contribution in [2.75, 3.05) is 0 Å². The van der Waals surface area contributed by atoms with Gasteiger partial charge >= 0.3 is 0 Å². The predicted molar refractivity (Wildman–Crippen MR) is 70.7 cm³/mol. The second-order valence-electron chi connectivity index (χ2n) is 4.32. The first kappa shape index (κ1) is 10.4. The Morgan fingerprint density at radius 2 is 2.13 bits per heavy atom. The molecule has 0 aromatic heterocycles. The van der Waals surface area contributed by atoms with Gasteiger partial charge in [-0.2, -0.15) is 0 Å². The molecule has 0 N–H and O–H groups in total. The van der Waals surface area contributed by atoms with Gasteiger partial charge in [0.05, 0.1) is 9.52 Å². The van der Waals surface area contributed by atoms with Crippen LogP contribution in [-0.2, 0) is 0 Å². The Morgan fingerprint density at radius 3 is 2.87 bits per heavy atom. The molecule has 1 aromatic carbocycles. The third kappa shape index (κ3) is 2.48. The summed E-state index contributed by atoms with van der Waals surface area (Å²) in [6, 6.07) is 8.07. The molecule has 0 aliphatic heterocycles. The van der Waals surface area contributed by atoms with E-state index in [-0.39, 0.29) is 9.52 Å². The Kier molecular flexibility index (Phi) is 3.22. The molecule has 78 valence electrons. The van der Waals surface area contributed by atoms with Crippen molar-refractivity contribution in [2.24, 2.45) is 0 Å². The van der Waals surface area contributed by atoms with Gasteiger partial charge in [-0.25, -0.2) is 0 Å². The van der Waals surface area contributed by atoms with E-state index in [1.165, 1.54) is 23.6 Å². The average molecular weight is 214 g/mol. The van der Waals surface area contributed by atoms with Crippen molar-refractivity contribution >= 4 is 14.7 Å². The minimum Gasteiger partial charge on any atom is -0.0805 e. The van der Waals surface area contributed by atoms with Gasteiger partial charge in [-0.15, -0.1) is 0 Å². The van der Waals surface area contributed by atoms with E-state index in [2.05, 4.69) is 50.3 Å². The third-order valence-corrected chi connectivity index (χ3v) is 5.48. The lowest BCUT2D eigenvalue weighted by atomic mass is 10.1. The van der Waals surface area contributed by atoms with E-state index in [0.29, 0.717) is 0 Å². The van der Waals surface area contributed by atoms with Gasteiger partial charge in [0.2, 0.25) is 0 Å². The van der Waals surface area contributed by atoms with Crippen molar-refractivity contribution in [1.29, 1.82) is 0 Å². The maximum absolute atomic E-state index is 2.32. The van der Waals surface area contributed by atoms with Crippen LogP contribution in [0.4, 0.5) is 0 Å². The molecule has 0 amide bonds. The predicted octanol–water partition coefficient (Wildman–Crippen LogP) is 2.40. The number of hydrogen-bond donors (Lipinski definition) is 0. The molecule has 1 heteroatoms. The Hall–Kier alpha value is -1.08. The molecule has 15 heavy (non-hydrogen) atoms. The summed E-state index contributed by atoms with van der Waals surface area (Å²) in [6.07, 6.45) is 7.93. The Balaban J connectivity index is 2.02. The molecule has 1 aliphatic carbocycles. The fourth-order valence-corrected chi connectivity index (χ4v) is 3.97. The van der Waals surface area contributed by atoms with Gasteiger partial charge in [-0.3, -0.25) is 0 Å². The quantitative estimate of drug-likeness (QED) is 0.678. The van der Waals surface area contributed by atoms with E-state index in [1.54, 1.807) is 10.8 Å². The van der Waals surface area contributed by atoms with Crippen molar-refractivity contribution in [1.82, 2.24) is 0 Å². The molecule has 0 radical (unpaired) electrons. The maximum atomic E-state index is 2.32. The summed E-state index contributed by atoms with van der Waals surface area (Å²) >= 11 is 0. The highest BCUT2D eigenvalue weighted by Gasteiger charge is 2.04. The molecule has 2 rings (SSSR count). The van der Waals surface area contributed by atoms with Gasteiger partial charge in [-0.05, 0) is 37.4 Å². The van der Waals surface area contributed by atoms with E-state index < -0.39 is 0 Å². The summed E-state index contributed by atoms with van der Waals surface area (Å²) in [7, 11) is -0.0994. The average Bonchev–Trinajstić information content (AvgIpc) is 2.73. The van der Waals surface area contributed by atoms with Gasteiger partial charge in [0.15, 0.2) is 0 Å².